The minimum atomic E-state index is 0.0493. The molecule has 0 saturated carbocycles. The van der Waals surface area contributed by atoms with Crippen LogP contribution in [-0.4, -0.2) is 47.5 Å². The fourth-order valence-corrected chi connectivity index (χ4v) is 3.47. The van der Waals surface area contributed by atoms with E-state index in [9.17, 15) is 4.79 Å². The zero-order valence-electron chi connectivity index (χ0n) is 14.2. The third-order valence-corrected chi connectivity index (χ3v) is 4.71. The number of benzene rings is 1. The van der Waals surface area contributed by atoms with E-state index >= 15 is 0 Å². The monoisotopic (exact) mass is 339 g/mol. The second-order valence-electron chi connectivity index (χ2n) is 6.56. The smallest absolute Gasteiger partial charge is 0.223 e. The predicted octanol–water partition coefficient (Wildman–Crippen LogP) is 2.00. The first-order valence-corrected chi connectivity index (χ1v) is 8.67. The Balaban J connectivity index is 1.44. The molecular weight excluding hydrogens is 318 g/mol. The Morgan fingerprint density at radius 2 is 2.32 bits per heavy atom. The van der Waals surface area contributed by atoms with E-state index in [0.29, 0.717) is 13.0 Å². The molecule has 0 spiro atoms. The van der Waals surface area contributed by atoms with Crippen LogP contribution in [0.1, 0.15) is 43.1 Å². The van der Waals surface area contributed by atoms with Crippen molar-refractivity contribution in [1.29, 1.82) is 0 Å². The molecule has 3 heterocycles. The second-order valence-corrected chi connectivity index (χ2v) is 6.56. The highest BCUT2D eigenvalue weighted by Crippen LogP contribution is 2.32. The number of carbonyl (C=O) groups excluding carboxylic acids is 1. The fraction of sp³-hybridized carbons (Fsp3) is 0.471. The molecule has 25 heavy (non-hydrogen) atoms. The summed E-state index contributed by atoms with van der Waals surface area (Å²) in [5.74, 6) is 1.07. The van der Waals surface area contributed by atoms with E-state index in [1.807, 2.05) is 11.0 Å². The van der Waals surface area contributed by atoms with Crippen molar-refractivity contribution < 1.29 is 4.79 Å². The molecule has 1 aliphatic heterocycles. The van der Waals surface area contributed by atoms with Crippen LogP contribution >= 0.6 is 0 Å². The summed E-state index contributed by atoms with van der Waals surface area (Å²) in [6.07, 6.45) is 4.76. The summed E-state index contributed by atoms with van der Waals surface area (Å²) in [6.45, 7) is 3.52. The number of carbonyl (C=O) groups is 1. The molecule has 1 fully saturated rings. The summed E-state index contributed by atoms with van der Waals surface area (Å²) in [5.41, 5.74) is 3.19. The van der Waals surface area contributed by atoms with Crippen molar-refractivity contribution in [2.24, 2.45) is 0 Å². The average molecular weight is 339 g/mol. The molecule has 1 atom stereocenters. The van der Waals surface area contributed by atoms with Gasteiger partial charge in [-0.15, -0.1) is 5.10 Å². The molecule has 8 heteroatoms. The van der Waals surface area contributed by atoms with Crippen LogP contribution in [0.3, 0.4) is 0 Å². The molecule has 1 aromatic carbocycles. The lowest BCUT2D eigenvalue weighted by Crippen LogP contribution is -2.31. The highest BCUT2D eigenvalue weighted by molar-refractivity contribution is 5.78. The number of nitrogens with one attached hydrogen (secondary N) is 1. The number of likely N-dealkylation sites (tertiary alicyclic amines) is 1. The van der Waals surface area contributed by atoms with E-state index in [-0.39, 0.29) is 11.9 Å². The van der Waals surface area contributed by atoms with E-state index in [4.69, 9.17) is 4.98 Å². The Kier molecular flexibility index (Phi) is 4.17. The van der Waals surface area contributed by atoms with Crippen molar-refractivity contribution in [3.8, 4) is 0 Å². The van der Waals surface area contributed by atoms with Crippen LogP contribution in [0.2, 0.25) is 0 Å². The van der Waals surface area contributed by atoms with Crippen molar-refractivity contribution in [3.05, 3.63) is 35.9 Å². The van der Waals surface area contributed by atoms with Crippen molar-refractivity contribution in [1.82, 2.24) is 35.1 Å². The zero-order chi connectivity index (χ0) is 17.2. The van der Waals surface area contributed by atoms with Crippen LogP contribution < -0.4 is 0 Å². The number of hydrogen-bond donors (Lipinski definition) is 1. The maximum absolute atomic E-state index is 12.7. The Bertz CT molecular complexity index is 870. The van der Waals surface area contributed by atoms with Crippen molar-refractivity contribution in [3.63, 3.8) is 0 Å². The molecule has 1 amide bonds. The van der Waals surface area contributed by atoms with Gasteiger partial charge in [0.2, 0.25) is 5.91 Å². The molecule has 130 valence electrons. The minimum absolute atomic E-state index is 0.0493. The number of rotatable bonds is 5. The zero-order valence-corrected chi connectivity index (χ0v) is 14.2. The third kappa shape index (κ3) is 3.24. The van der Waals surface area contributed by atoms with Crippen molar-refractivity contribution in [2.75, 3.05) is 6.54 Å². The maximum atomic E-state index is 12.7. The van der Waals surface area contributed by atoms with Crippen LogP contribution in [0, 0.1) is 6.92 Å². The van der Waals surface area contributed by atoms with Gasteiger partial charge in [-0.3, -0.25) is 4.79 Å². The Hall–Kier alpha value is -2.77. The first kappa shape index (κ1) is 15.7. The Morgan fingerprint density at radius 3 is 3.16 bits per heavy atom. The molecule has 1 saturated heterocycles. The summed E-state index contributed by atoms with van der Waals surface area (Å²) in [7, 11) is 0. The predicted molar refractivity (Wildman–Crippen MR) is 91.6 cm³/mol. The molecule has 3 aromatic rings. The van der Waals surface area contributed by atoms with Gasteiger partial charge in [0.05, 0.1) is 17.1 Å². The van der Waals surface area contributed by atoms with Crippen LogP contribution in [0.15, 0.2) is 24.5 Å². The van der Waals surface area contributed by atoms with Crippen molar-refractivity contribution >= 4 is 16.9 Å². The molecule has 0 radical (unpaired) electrons. The van der Waals surface area contributed by atoms with E-state index < -0.39 is 0 Å². The van der Waals surface area contributed by atoms with Crippen molar-refractivity contribution in [2.45, 2.75) is 45.2 Å². The number of tetrazole rings is 1. The molecule has 1 aliphatic rings. The molecule has 0 aliphatic carbocycles. The molecule has 1 unspecified atom stereocenters. The summed E-state index contributed by atoms with van der Waals surface area (Å²) in [4.78, 5) is 22.7. The van der Waals surface area contributed by atoms with Gasteiger partial charge in [0, 0.05) is 19.5 Å². The fourth-order valence-electron chi connectivity index (χ4n) is 3.47. The quantitative estimate of drug-likeness (QED) is 0.767. The lowest BCUT2D eigenvalue weighted by molar-refractivity contribution is -0.132. The van der Waals surface area contributed by atoms with Gasteiger partial charge in [0.1, 0.15) is 12.2 Å². The Morgan fingerprint density at radius 1 is 1.40 bits per heavy atom. The van der Waals surface area contributed by atoms with Crippen LogP contribution in [-0.2, 0) is 11.3 Å². The second kappa shape index (κ2) is 6.62. The number of aromatic nitrogens is 6. The van der Waals surface area contributed by atoms with Crippen LogP contribution in [0.25, 0.3) is 11.0 Å². The van der Waals surface area contributed by atoms with Gasteiger partial charge in [-0.1, -0.05) is 6.07 Å². The van der Waals surface area contributed by atoms with Gasteiger partial charge < -0.3 is 9.88 Å². The molecule has 8 nitrogen and oxygen atoms in total. The van der Waals surface area contributed by atoms with Gasteiger partial charge >= 0.3 is 0 Å². The minimum Gasteiger partial charge on any atom is -0.340 e. The summed E-state index contributed by atoms with van der Waals surface area (Å²) >= 11 is 0. The number of hydrogen-bond acceptors (Lipinski definition) is 5. The first-order chi connectivity index (χ1) is 12.2. The SMILES string of the molecule is Cc1ccc2nc(C3CCCN3C(=O)CCCn3cnnn3)[nH]c2c1. The largest absolute Gasteiger partial charge is 0.340 e. The van der Waals surface area contributed by atoms with E-state index in [1.54, 1.807) is 11.0 Å². The number of nitrogens with zero attached hydrogens (tertiary/aromatic N) is 6. The topological polar surface area (TPSA) is 92.6 Å². The van der Waals surface area contributed by atoms with E-state index in [0.717, 1.165) is 42.7 Å². The number of aromatic amines is 1. The molecule has 1 N–H and O–H groups in total. The number of aryl methyl sites for hydroxylation is 2. The normalized spacial score (nSPS) is 17.5. The van der Waals surface area contributed by atoms with Gasteiger partial charge in [-0.2, -0.15) is 0 Å². The van der Waals surface area contributed by atoms with E-state index in [2.05, 4.69) is 39.6 Å². The van der Waals surface area contributed by atoms with Gasteiger partial charge in [-0.25, -0.2) is 9.67 Å². The summed E-state index contributed by atoms with van der Waals surface area (Å²) in [6, 6.07) is 6.23. The average Bonchev–Trinajstić information content (AvgIpc) is 3.33. The molecule has 0 bridgehead atoms. The molecule has 4 rings (SSSR count). The number of amides is 1. The number of fused-ring (bicyclic) bond motifs is 1. The van der Waals surface area contributed by atoms with E-state index in [1.165, 1.54) is 5.56 Å². The molecular formula is C17H21N7O. The lowest BCUT2D eigenvalue weighted by Gasteiger charge is -2.23. The van der Waals surface area contributed by atoms with Gasteiger partial charge in [0.25, 0.3) is 0 Å². The maximum Gasteiger partial charge on any atom is 0.223 e. The van der Waals surface area contributed by atoms with Gasteiger partial charge in [-0.05, 0) is 54.3 Å². The van der Waals surface area contributed by atoms with Crippen LogP contribution in [0.5, 0.6) is 0 Å². The first-order valence-electron chi connectivity index (χ1n) is 8.67. The summed E-state index contributed by atoms with van der Waals surface area (Å²) in [5, 5.41) is 11.0. The lowest BCUT2D eigenvalue weighted by atomic mass is 10.2. The summed E-state index contributed by atoms with van der Waals surface area (Å²) < 4.78 is 1.65. The number of H-pyrrole nitrogens is 1. The van der Waals surface area contributed by atoms with Crippen LogP contribution in [0.4, 0.5) is 0 Å². The Labute approximate surface area is 145 Å². The highest BCUT2D eigenvalue weighted by atomic mass is 16.2. The highest BCUT2D eigenvalue weighted by Gasteiger charge is 2.31. The number of imidazole rings is 1. The molecule has 2 aromatic heterocycles. The standard InChI is InChI=1S/C17H21N7O/c1-12-6-7-13-14(10-12)20-17(19-13)15-4-2-9-24(15)16(25)5-3-8-23-11-18-21-22-23/h6-7,10-11,15H,2-5,8-9H2,1H3,(H,19,20). The third-order valence-electron chi connectivity index (χ3n) is 4.71. The van der Waals surface area contributed by atoms with Gasteiger partial charge in [0.15, 0.2) is 0 Å².